The maximum atomic E-state index is 5.34. The maximum Gasteiger partial charge on any atom is 0.0965 e. The van der Waals surface area contributed by atoms with Crippen LogP contribution in [0.5, 0.6) is 0 Å². The maximum absolute atomic E-state index is 5.34. The molecule has 5 nitrogen and oxygen atoms in total. The molecule has 0 amide bonds. The largest absolute Gasteiger partial charge is 0.381 e. The zero-order chi connectivity index (χ0) is 10.8. The second-order valence-electron chi connectivity index (χ2n) is 4.69. The lowest BCUT2D eigenvalue weighted by atomic mass is 10.1. The van der Waals surface area contributed by atoms with Gasteiger partial charge in [0.25, 0.3) is 0 Å². The average Bonchev–Trinajstić information content (AvgIpc) is 3.05. The van der Waals surface area contributed by atoms with Crippen LogP contribution in [-0.4, -0.2) is 34.2 Å². The highest BCUT2D eigenvalue weighted by molar-refractivity contribution is 4.95. The Kier molecular flexibility index (Phi) is 2.88. The SMILES string of the molecule is c1c(CNC2CC2)nnn1C1CCOCC1. The molecule has 0 spiro atoms. The first-order valence-corrected chi connectivity index (χ1v) is 6.13. The van der Waals surface area contributed by atoms with Crippen LogP contribution < -0.4 is 5.32 Å². The van der Waals surface area contributed by atoms with Gasteiger partial charge >= 0.3 is 0 Å². The van der Waals surface area contributed by atoms with Crippen molar-refractivity contribution in [3.8, 4) is 0 Å². The van der Waals surface area contributed by atoms with E-state index in [9.17, 15) is 0 Å². The van der Waals surface area contributed by atoms with Crippen molar-refractivity contribution in [1.82, 2.24) is 20.3 Å². The molecule has 2 heterocycles. The molecule has 0 aromatic carbocycles. The van der Waals surface area contributed by atoms with Gasteiger partial charge in [0, 0.05) is 25.8 Å². The lowest BCUT2D eigenvalue weighted by Gasteiger charge is -2.21. The van der Waals surface area contributed by atoms with Crippen molar-refractivity contribution < 1.29 is 4.74 Å². The summed E-state index contributed by atoms with van der Waals surface area (Å²) in [5.74, 6) is 0. The Balaban J connectivity index is 1.57. The Morgan fingerprint density at radius 3 is 2.88 bits per heavy atom. The minimum Gasteiger partial charge on any atom is -0.381 e. The summed E-state index contributed by atoms with van der Waals surface area (Å²) < 4.78 is 7.35. The van der Waals surface area contributed by atoms with E-state index >= 15 is 0 Å². The number of nitrogens with zero attached hydrogens (tertiary/aromatic N) is 3. The zero-order valence-electron chi connectivity index (χ0n) is 9.43. The monoisotopic (exact) mass is 222 g/mol. The van der Waals surface area contributed by atoms with Gasteiger partial charge < -0.3 is 10.1 Å². The number of ether oxygens (including phenoxy) is 1. The molecule has 1 aromatic rings. The first-order valence-electron chi connectivity index (χ1n) is 6.13. The fourth-order valence-corrected chi connectivity index (χ4v) is 2.06. The highest BCUT2D eigenvalue weighted by Gasteiger charge is 2.21. The molecular weight excluding hydrogens is 204 g/mol. The molecule has 1 N–H and O–H groups in total. The molecule has 2 aliphatic rings. The summed E-state index contributed by atoms with van der Waals surface area (Å²) in [6.45, 7) is 2.55. The molecule has 1 saturated carbocycles. The predicted molar refractivity (Wildman–Crippen MR) is 59.0 cm³/mol. The molecule has 1 aliphatic carbocycles. The molecule has 2 fully saturated rings. The highest BCUT2D eigenvalue weighted by Crippen LogP contribution is 2.21. The number of hydrogen-bond acceptors (Lipinski definition) is 4. The third-order valence-electron chi connectivity index (χ3n) is 3.27. The summed E-state index contributed by atoms with van der Waals surface area (Å²) >= 11 is 0. The zero-order valence-corrected chi connectivity index (χ0v) is 9.43. The van der Waals surface area contributed by atoms with E-state index in [0.717, 1.165) is 44.3 Å². The first-order chi connectivity index (χ1) is 7.92. The number of aromatic nitrogens is 3. The average molecular weight is 222 g/mol. The Hall–Kier alpha value is -0.940. The summed E-state index contributed by atoms with van der Waals surface area (Å²) in [4.78, 5) is 0. The van der Waals surface area contributed by atoms with Crippen LogP contribution >= 0.6 is 0 Å². The van der Waals surface area contributed by atoms with Crippen LogP contribution in [0.15, 0.2) is 6.20 Å². The van der Waals surface area contributed by atoms with E-state index in [-0.39, 0.29) is 0 Å². The van der Waals surface area contributed by atoms with Gasteiger partial charge in [0.1, 0.15) is 0 Å². The third-order valence-corrected chi connectivity index (χ3v) is 3.27. The second-order valence-corrected chi connectivity index (χ2v) is 4.69. The van der Waals surface area contributed by atoms with E-state index in [1.807, 2.05) is 4.68 Å². The van der Waals surface area contributed by atoms with Crippen LogP contribution in [0.4, 0.5) is 0 Å². The summed E-state index contributed by atoms with van der Waals surface area (Å²) in [5.41, 5.74) is 1.05. The fraction of sp³-hybridized carbons (Fsp3) is 0.818. The molecule has 1 aromatic heterocycles. The lowest BCUT2D eigenvalue weighted by Crippen LogP contribution is -2.20. The van der Waals surface area contributed by atoms with E-state index in [4.69, 9.17) is 4.74 Å². The third kappa shape index (κ3) is 2.41. The van der Waals surface area contributed by atoms with Crippen molar-refractivity contribution in [1.29, 1.82) is 0 Å². The van der Waals surface area contributed by atoms with Gasteiger partial charge in [0.05, 0.1) is 17.9 Å². The molecule has 16 heavy (non-hydrogen) atoms. The van der Waals surface area contributed by atoms with Gasteiger partial charge in [0.15, 0.2) is 0 Å². The normalized spacial score (nSPS) is 22.5. The smallest absolute Gasteiger partial charge is 0.0965 e. The topological polar surface area (TPSA) is 52.0 Å². The van der Waals surface area contributed by atoms with Gasteiger partial charge in [0.2, 0.25) is 0 Å². The molecule has 0 radical (unpaired) electrons. The van der Waals surface area contributed by atoms with E-state index in [0.29, 0.717) is 6.04 Å². The Morgan fingerprint density at radius 2 is 2.12 bits per heavy atom. The second kappa shape index (κ2) is 4.51. The van der Waals surface area contributed by atoms with Gasteiger partial charge in [-0.3, -0.25) is 0 Å². The lowest BCUT2D eigenvalue weighted by molar-refractivity contribution is 0.0657. The van der Waals surface area contributed by atoms with Crippen molar-refractivity contribution in [2.24, 2.45) is 0 Å². The molecule has 3 rings (SSSR count). The van der Waals surface area contributed by atoms with Crippen molar-refractivity contribution >= 4 is 0 Å². The first kappa shape index (κ1) is 10.2. The molecular formula is C11H18N4O. The van der Waals surface area contributed by atoms with Crippen molar-refractivity contribution in [3.05, 3.63) is 11.9 Å². The molecule has 0 bridgehead atoms. The summed E-state index contributed by atoms with van der Waals surface area (Å²) in [6, 6.07) is 1.21. The standard InChI is InChI=1S/C11H18N4O/c1-2-9(1)12-7-10-8-15(14-13-10)11-3-5-16-6-4-11/h8-9,11-12H,1-7H2. The fourth-order valence-electron chi connectivity index (χ4n) is 2.06. The minimum absolute atomic E-state index is 0.482. The van der Waals surface area contributed by atoms with Gasteiger partial charge in [-0.05, 0) is 25.7 Å². The Labute approximate surface area is 95.2 Å². The van der Waals surface area contributed by atoms with Crippen LogP contribution in [0, 0.1) is 0 Å². The van der Waals surface area contributed by atoms with Crippen molar-refractivity contribution in [3.63, 3.8) is 0 Å². The number of nitrogens with one attached hydrogen (secondary N) is 1. The Bertz CT molecular complexity index is 342. The van der Waals surface area contributed by atoms with Crippen LogP contribution in [0.3, 0.4) is 0 Å². The number of rotatable bonds is 4. The van der Waals surface area contributed by atoms with Crippen LogP contribution in [0.1, 0.15) is 37.4 Å². The van der Waals surface area contributed by atoms with Gasteiger partial charge in [-0.15, -0.1) is 5.10 Å². The summed E-state index contributed by atoms with van der Waals surface area (Å²) in [6.07, 6.45) is 6.81. The van der Waals surface area contributed by atoms with Crippen LogP contribution in [0.25, 0.3) is 0 Å². The van der Waals surface area contributed by atoms with Crippen LogP contribution in [0.2, 0.25) is 0 Å². The highest BCUT2D eigenvalue weighted by atomic mass is 16.5. The molecule has 0 unspecified atom stereocenters. The van der Waals surface area contributed by atoms with E-state index in [1.165, 1.54) is 12.8 Å². The molecule has 0 atom stereocenters. The van der Waals surface area contributed by atoms with Crippen LogP contribution in [-0.2, 0) is 11.3 Å². The van der Waals surface area contributed by atoms with Crippen molar-refractivity contribution in [2.75, 3.05) is 13.2 Å². The van der Waals surface area contributed by atoms with Gasteiger partial charge in [-0.2, -0.15) is 0 Å². The molecule has 5 heteroatoms. The quantitative estimate of drug-likeness (QED) is 0.821. The predicted octanol–water partition coefficient (Wildman–Crippen LogP) is 0.882. The van der Waals surface area contributed by atoms with E-state index < -0.39 is 0 Å². The molecule has 1 saturated heterocycles. The molecule has 88 valence electrons. The van der Waals surface area contributed by atoms with E-state index in [1.54, 1.807) is 0 Å². The minimum atomic E-state index is 0.482. The van der Waals surface area contributed by atoms with Crippen molar-refractivity contribution in [2.45, 2.75) is 44.3 Å². The summed E-state index contributed by atoms with van der Waals surface area (Å²) in [7, 11) is 0. The van der Waals surface area contributed by atoms with Gasteiger partial charge in [-0.1, -0.05) is 5.21 Å². The summed E-state index contributed by atoms with van der Waals surface area (Å²) in [5, 5.41) is 11.9. The van der Waals surface area contributed by atoms with Gasteiger partial charge in [-0.25, -0.2) is 4.68 Å². The van der Waals surface area contributed by atoms with E-state index in [2.05, 4.69) is 21.8 Å². The molecule has 1 aliphatic heterocycles. The number of hydrogen-bond donors (Lipinski definition) is 1. The Morgan fingerprint density at radius 1 is 1.31 bits per heavy atom.